The number of amides is 1. The molecule has 50 heavy (non-hydrogen) atoms. The topological polar surface area (TPSA) is 169 Å². The van der Waals surface area contributed by atoms with Crippen molar-refractivity contribution >= 4 is 35.3 Å². The number of esters is 1. The molecular weight excluding hydrogens is 643 g/mol. The third kappa shape index (κ3) is 9.59. The predicted molar refractivity (Wildman–Crippen MR) is 192 cm³/mol. The zero-order valence-corrected chi connectivity index (χ0v) is 29.9. The van der Waals surface area contributed by atoms with Crippen molar-refractivity contribution in [2.45, 2.75) is 73.0 Å². The molecule has 0 aliphatic carbocycles. The second kappa shape index (κ2) is 16.3. The summed E-state index contributed by atoms with van der Waals surface area (Å²) in [6.45, 7) is 13.9. The molecule has 0 atom stereocenters. The molecule has 0 fully saturated rings. The molecular formula is C37H45FN6O6. The molecule has 0 radical (unpaired) electrons. The highest BCUT2D eigenvalue weighted by molar-refractivity contribution is 6.10. The van der Waals surface area contributed by atoms with E-state index in [0.717, 1.165) is 10.9 Å². The van der Waals surface area contributed by atoms with E-state index in [4.69, 9.17) is 14.9 Å². The number of halogens is 1. The van der Waals surface area contributed by atoms with E-state index in [0.29, 0.717) is 34.0 Å². The van der Waals surface area contributed by atoms with Gasteiger partial charge < -0.3 is 30.6 Å². The van der Waals surface area contributed by atoms with E-state index in [2.05, 4.69) is 20.7 Å². The van der Waals surface area contributed by atoms with Crippen molar-refractivity contribution in [3.8, 4) is 17.0 Å². The number of anilines is 3. The molecule has 1 amide bonds. The van der Waals surface area contributed by atoms with Crippen LogP contribution in [0.3, 0.4) is 0 Å². The third-order valence-corrected chi connectivity index (χ3v) is 7.33. The molecule has 4 aromatic rings. The van der Waals surface area contributed by atoms with Crippen molar-refractivity contribution in [1.82, 2.24) is 14.8 Å². The quantitative estimate of drug-likeness (QED) is 0.101. The van der Waals surface area contributed by atoms with Crippen LogP contribution in [-0.4, -0.2) is 50.2 Å². The van der Waals surface area contributed by atoms with E-state index in [-0.39, 0.29) is 35.7 Å². The minimum Gasteiger partial charge on any atom is -0.484 e. The Kier molecular flexibility index (Phi) is 12.7. The summed E-state index contributed by atoms with van der Waals surface area (Å²) < 4.78 is 27.6. The maximum absolute atomic E-state index is 15.4. The summed E-state index contributed by atoms with van der Waals surface area (Å²) in [7, 11) is 1.47. The van der Waals surface area contributed by atoms with Gasteiger partial charge in [-0.3, -0.25) is 14.4 Å². The molecule has 2 aromatic heterocycles. The fourth-order valence-electron chi connectivity index (χ4n) is 4.71. The number of hydrogen-bond donors (Lipinski definition) is 4. The molecule has 4 rings (SSSR count). The number of nitrogens with one attached hydrogen (secondary N) is 3. The maximum atomic E-state index is 15.4. The minimum atomic E-state index is -0.808. The average molecular weight is 689 g/mol. The third-order valence-electron chi connectivity index (χ3n) is 7.33. The number of aromatic nitrogens is 3. The van der Waals surface area contributed by atoms with Crippen LogP contribution in [0.15, 0.2) is 59.5 Å². The minimum absolute atomic E-state index is 0.107. The molecule has 4 N–H and O–H groups in total. The molecule has 266 valence electrons. The Morgan fingerprint density at radius 1 is 1.06 bits per heavy atom. The van der Waals surface area contributed by atoms with Gasteiger partial charge in [0.1, 0.15) is 35.3 Å². The fraction of sp³-hybridized carbons (Fsp3) is 0.351. The number of hydrogen-bond acceptors (Lipinski definition) is 10. The second-order valence-corrected chi connectivity index (χ2v) is 12.8. The molecule has 13 heteroatoms. The van der Waals surface area contributed by atoms with Gasteiger partial charge in [0.25, 0.3) is 11.5 Å². The van der Waals surface area contributed by atoms with E-state index in [9.17, 15) is 19.5 Å². The Labute approximate surface area is 291 Å². The first-order valence-corrected chi connectivity index (χ1v) is 16.1. The lowest BCUT2D eigenvalue weighted by Crippen LogP contribution is -2.32. The Bertz CT molecular complexity index is 1920. The number of aliphatic hydroxyl groups excluding tert-OH is 1. The zero-order chi connectivity index (χ0) is 37.4. The molecule has 0 spiro atoms. The van der Waals surface area contributed by atoms with Crippen molar-refractivity contribution in [2.24, 2.45) is 7.05 Å². The van der Waals surface area contributed by atoms with Gasteiger partial charge in [-0.05, 0) is 61.2 Å². The molecule has 0 aliphatic rings. The molecule has 0 saturated heterocycles. The predicted octanol–water partition coefficient (Wildman–Crippen LogP) is 6.51. The number of pyridine rings is 1. The monoisotopic (exact) mass is 688 g/mol. The standard InChI is InChI=1S/C35H39FN6O6.C2H6/c1-20(44)47-18-25-24(9-8-10-27(25)40-32(45)31-21(16-37)13-22(14-26(31)36)34(2,3)4)28-15-29(33(46)42(7)41-28)39-30-12-11-23(17-38-30)48-35(5,6)19-43;1-2/h8-17,37,43H,18-19H2,1-7H3,(H,38,39)(H,40,45);1-2H3. The van der Waals surface area contributed by atoms with Crippen LogP contribution in [0.2, 0.25) is 0 Å². The highest BCUT2D eigenvalue weighted by Gasteiger charge is 2.24. The Morgan fingerprint density at radius 3 is 2.34 bits per heavy atom. The van der Waals surface area contributed by atoms with Gasteiger partial charge in [0, 0.05) is 42.6 Å². The normalized spacial score (nSPS) is 11.2. The summed E-state index contributed by atoms with van der Waals surface area (Å²) in [4.78, 5) is 42.8. The van der Waals surface area contributed by atoms with E-state index in [1.807, 2.05) is 34.6 Å². The van der Waals surface area contributed by atoms with Crippen molar-refractivity contribution in [3.05, 3.63) is 93.2 Å². The number of nitrogens with zero attached hydrogens (tertiary/aromatic N) is 3. The van der Waals surface area contributed by atoms with Gasteiger partial charge in [0.05, 0.1) is 24.1 Å². The summed E-state index contributed by atoms with van der Waals surface area (Å²) in [5, 5.41) is 27.4. The summed E-state index contributed by atoms with van der Waals surface area (Å²) >= 11 is 0. The Balaban J connectivity index is 0.00000332. The molecule has 0 saturated carbocycles. The maximum Gasteiger partial charge on any atom is 0.302 e. The van der Waals surface area contributed by atoms with Gasteiger partial charge in [-0.2, -0.15) is 5.10 Å². The van der Waals surface area contributed by atoms with Gasteiger partial charge >= 0.3 is 5.97 Å². The summed E-state index contributed by atoms with van der Waals surface area (Å²) in [5.74, 6) is -1.40. The lowest BCUT2D eigenvalue weighted by molar-refractivity contribution is -0.142. The second-order valence-electron chi connectivity index (χ2n) is 12.8. The highest BCUT2D eigenvalue weighted by Crippen LogP contribution is 2.32. The van der Waals surface area contributed by atoms with Crippen molar-refractivity contribution < 1.29 is 28.6 Å². The SMILES string of the molecule is CC.CC(=O)OCc1c(NC(=O)c2c(F)cc(C(C)(C)C)cc2C=N)cccc1-c1cc(Nc2ccc(OC(C)(C)CO)cn2)c(=O)n(C)n1. The number of carbonyl (C=O) groups excluding carboxylic acids is 2. The van der Waals surface area contributed by atoms with Gasteiger partial charge in [0.2, 0.25) is 0 Å². The molecule has 0 aliphatic heterocycles. The summed E-state index contributed by atoms with van der Waals surface area (Å²) in [5.41, 5.74) is 0.143. The van der Waals surface area contributed by atoms with E-state index in [1.54, 1.807) is 50.2 Å². The molecule has 0 bridgehead atoms. The Hall–Kier alpha value is -5.43. The zero-order valence-electron chi connectivity index (χ0n) is 29.9. The number of rotatable bonds is 11. The molecule has 0 unspecified atom stereocenters. The van der Waals surface area contributed by atoms with Gasteiger partial charge in [-0.25, -0.2) is 14.1 Å². The highest BCUT2D eigenvalue weighted by atomic mass is 19.1. The number of ether oxygens (including phenoxy) is 2. The van der Waals surface area contributed by atoms with Crippen molar-refractivity contribution in [2.75, 3.05) is 17.2 Å². The van der Waals surface area contributed by atoms with Crippen LogP contribution in [-0.2, 0) is 28.6 Å². The lowest BCUT2D eigenvalue weighted by atomic mass is 9.85. The van der Waals surface area contributed by atoms with Crippen LogP contribution < -0.4 is 20.9 Å². The number of benzene rings is 2. The van der Waals surface area contributed by atoms with Crippen LogP contribution in [0.5, 0.6) is 5.75 Å². The largest absolute Gasteiger partial charge is 0.484 e. The first-order valence-electron chi connectivity index (χ1n) is 16.1. The number of carbonyl (C=O) groups is 2. The summed E-state index contributed by atoms with van der Waals surface area (Å²) in [6.07, 6.45) is 2.39. The molecule has 2 aromatic carbocycles. The first kappa shape index (κ1) is 39.0. The van der Waals surface area contributed by atoms with Crippen LogP contribution >= 0.6 is 0 Å². The number of aryl methyl sites for hydroxylation is 1. The van der Waals surface area contributed by atoms with Crippen LogP contribution in [0.1, 0.15) is 82.4 Å². The Morgan fingerprint density at radius 2 is 1.76 bits per heavy atom. The average Bonchev–Trinajstić information content (AvgIpc) is 3.06. The van der Waals surface area contributed by atoms with Gasteiger partial charge in [-0.1, -0.05) is 46.8 Å². The molecule has 12 nitrogen and oxygen atoms in total. The lowest BCUT2D eigenvalue weighted by Gasteiger charge is -2.23. The fourth-order valence-corrected chi connectivity index (χ4v) is 4.71. The van der Waals surface area contributed by atoms with Gasteiger partial charge in [-0.15, -0.1) is 0 Å². The van der Waals surface area contributed by atoms with Crippen LogP contribution in [0.25, 0.3) is 11.3 Å². The van der Waals surface area contributed by atoms with E-state index in [1.165, 1.54) is 32.3 Å². The smallest absolute Gasteiger partial charge is 0.302 e. The number of aliphatic hydroxyl groups is 1. The first-order chi connectivity index (χ1) is 23.5. The summed E-state index contributed by atoms with van der Waals surface area (Å²) in [6, 6.07) is 12.5. The van der Waals surface area contributed by atoms with Crippen molar-refractivity contribution in [1.29, 1.82) is 5.41 Å². The van der Waals surface area contributed by atoms with Crippen LogP contribution in [0.4, 0.5) is 21.6 Å². The van der Waals surface area contributed by atoms with Crippen LogP contribution in [0, 0.1) is 11.2 Å². The van der Waals surface area contributed by atoms with Gasteiger partial charge in [0.15, 0.2) is 0 Å². The molecule has 2 heterocycles. The van der Waals surface area contributed by atoms with E-state index < -0.39 is 34.3 Å². The van der Waals surface area contributed by atoms with Crippen molar-refractivity contribution in [3.63, 3.8) is 0 Å². The van der Waals surface area contributed by atoms with E-state index >= 15 is 4.39 Å².